The number of hydrogen-bond donors (Lipinski definition) is 1. The van der Waals surface area contributed by atoms with Crippen LogP contribution in [0.25, 0.3) is 0 Å². The Morgan fingerprint density at radius 2 is 2.39 bits per heavy atom. The Hall–Kier alpha value is -0.870. The van der Waals surface area contributed by atoms with E-state index in [0.29, 0.717) is 12.5 Å². The Kier molecular flexibility index (Phi) is 4.40. The van der Waals surface area contributed by atoms with E-state index < -0.39 is 0 Å². The average Bonchev–Trinajstić information content (AvgIpc) is 2.96. The summed E-state index contributed by atoms with van der Waals surface area (Å²) >= 11 is 1.64. The Morgan fingerprint density at radius 3 is 3.00 bits per heavy atom. The highest BCUT2D eigenvalue weighted by Crippen LogP contribution is 2.26. The van der Waals surface area contributed by atoms with E-state index in [9.17, 15) is 4.79 Å². The molecule has 4 heteroatoms. The first-order valence-corrected chi connectivity index (χ1v) is 7.56. The van der Waals surface area contributed by atoms with Crippen molar-refractivity contribution < 1.29 is 4.79 Å². The summed E-state index contributed by atoms with van der Waals surface area (Å²) in [6.45, 7) is 6.66. The van der Waals surface area contributed by atoms with Gasteiger partial charge in [-0.2, -0.15) is 0 Å². The number of likely N-dealkylation sites (tertiary alicyclic amines) is 1. The zero-order chi connectivity index (χ0) is 13.1. The van der Waals surface area contributed by atoms with Crippen LogP contribution in [-0.4, -0.2) is 30.4 Å². The van der Waals surface area contributed by atoms with Crippen molar-refractivity contribution in [1.29, 1.82) is 0 Å². The SMILES string of the molecule is CCCc1cc(C(=O)N2CC[C@H](CN)C2)sc1C. The molecule has 1 fully saturated rings. The van der Waals surface area contributed by atoms with Gasteiger partial charge in [0.15, 0.2) is 0 Å². The van der Waals surface area contributed by atoms with E-state index in [1.807, 2.05) is 4.90 Å². The van der Waals surface area contributed by atoms with Crippen LogP contribution in [0.1, 0.15) is 39.9 Å². The molecule has 1 aromatic rings. The Balaban J connectivity index is 2.07. The summed E-state index contributed by atoms with van der Waals surface area (Å²) in [5, 5.41) is 0. The number of hydrogen-bond acceptors (Lipinski definition) is 3. The van der Waals surface area contributed by atoms with Gasteiger partial charge in [-0.3, -0.25) is 4.79 Å². The second-order valence-electron chi connectivity index (χ2n) is 5.08. The Labute approximate surface area is 113 Å². The van der Waals surface area contributed by atoms with Gasteiger partial charge in [-0.1, -0.05) is 13.3 Å². The van der Waals surface area contributed by atoms with Crippen LogP contribution in [0.5, 0.6) is 0 Å². The maximum atomic E-state index is 12.4. The minimum atomic E-state index is 0.196. The van der Waals surface area contributed by atoms with E-state index in [0.717, 1.165) is 37.2 Å². The second-order valence-corrected chi connectivity index (χ2v) is 6.34. The molecule has 0 unspecified atom stereocenters. The molecule has 1 amide bonds. The van der Waals surface area contributed by atoms with Crippen LogP contribution in [-0.2, 0) is 6.42 Å². The smallest absolute Gasteiger partial charge is 0.263 e. The molecule has 2 N–H and O–H groups in total. The van der Waals surface area contributed by atoms with Crippen molar-refractivity contribution in [3.05, 3.63) is 21.4 Å². The highest BCUT2D eigenvalue weighted by molar-refractivity contribution is 7.14. The van der Waals surface area contributed by atoms with Crippen LogP contribution in [0.3, 0.4) is 0 Å². The fraction of sp³-hybridized carbons (Fsp3) is 0.643. The zero-order valence-electron chi connectivity index (χ0n) is 11.2. The minimum absolute atomic E-state index is 0.196. The van der Waals surface area contributed by atoms with Crippen LogP contribution in [0.4, 0.5) is 0 Å². The van der Waals surface area contributed by atoms with Crippen molar-refractivity contribution in [2.45, 2.75) is 33.1 Å². The molecule has 0 radical (unpaired) electrons. The predicted octanol–water partition coefficient (Wildman–Crippen LogP) is 2.43. The number of amides is 1. The molecule has 1 aliphatic rings. The molecule has 3 nitrogen and oxygen atoms in total. The van der Waals surface area contributed by atoms with E-state index in [1.165, 1.54) is 10.4 Å². The molecular weight excluding hydrogens is 244 g/mol. The molecular formula is C14H22N2OS. The standard InChI is InChI=1S/C14H22N2OS/c1-3-4-12-7-13(18-10(12)2)14(17)16-6-5-11(8-15)9-16/h7,11H,3-6,8-9,15H2,1-2H3/t11-/m1/s1. The molecule has 100 valence electrons. The van der Waals surface area contributed by atoms with Gasteiger partial charge in [-0.05, 0) is 43.9 Å². The number of aryl methyl sites for hydroxylation is 2. The highest BCUT2D eigenvalue weighted by atomic mass is 32.1. The summed E-state index contributed by atoms with van der Waals surface area (Å²) in [4.78, 5) is 16.5. The van der Waals surface area contributed by atoms with E-state index in [4.69, 9.17) is 5.73 Å². The van der Waals surface area contributed by atoms with Gasteiger partial charge in [-0.25, -0.2) is 0 Å². The highest BCUT2D eigenvalue weighted by Gasteiger charge is 2.27. The number of carbonyl (C=O) groups excluding carboxylic acids is 1. The maximum Gasteiger partial charge on any atom is 0.263 e. The quantitative estimate of drug-likeness (QED) is 0.910. The van der Waals surface area contributed by atoms with Gasteiger partial charge in [0, 0.05) is 18.0 Å². The van der Waals surface area contributed by atoms with Gasteiger partial charge in [0.05, 0.1) is 4.88 Å². The van der Waals surface area contributed by atoms with Gasteiger partial charge in [0.1, 0.15) is 0 Å². The summed E-state index contributed by atoms with van der Waals surface area (Å²) < 4.78 is 0. The van der Waals surface area contributed by atoms with Crippen LogP contribution in [0.15, 0.2) is 6.07 Å². The predicted molar refractivity (Wildman–Crippen MR) is 76.1 cm³/mol. The fourth-order valence-electron chi connectivity index (χ4n) is 2.51. The minimum Gasteiger partial charge on any atom is -0.338 e. The van der Waals surface area contributed by atoms with Gasteiger partial charge in [0.2, 0.25) is 0 Å². The molecule has 0 aliphatic carbocycles. The summed E-state index contributed by atoms with van der Waals surface area (Å²) in [6.07, 6.45) is 3.25. The third-order valence-electron chi connectivity index (χ3n) is 3.66. The zero-order valence-corrected chi connectivity index (χ0v) is 12.1. The fourth-order valence-corrected chi connectivity index (χ4v) is 3.55. The molecule has 1 saturated heterocycles. The van der Waals surface area contributed by atoms with Crippen LogP contribution < -0.4 is 5.73 Å². The van der Waals surface area contributed by atoms with E-state index in [1.54, 1.807) is 11.3 Å². The van der Waals surface area contributed by atoms with Crippen LogP contribution >= 0.6 is 11.3 Å². The van der Waals surface area contributed by atoms with Crippen molar-refractivity contribution in [2.75, 3.05) is 19.6 Å². The first-order chi connectivity index (χ1) is 8.65. The van der Waals surface area contributed by atoms with Crippen molar-refractivity contribution in [3.8, 4) is 0 Å². The largest absolute Gasteiger partial charge is 0.338 e. The van der Waals surface area contributed by atoms with Crippen molar-refractivity contribution in [3.63, 3.8) is 0 Å². The normalized spacial score (nSPS) is 19.5. The molecule has 2 heterocycles. The second kappa shape index (κ2) is 5.85. The first kappa shape index (κ1) is 13.6. The summed E-state index contributed by atoms with van der Waals surface area (Å²) in [5.41, 5.74) is 7.00. The van der Waals surface area contributed by atoms with E-state index >= 15 is 0 Å². The maximum absolute atomic E-state index is 12.4. The first-order valence-electron chi connectivity index (χ1n) is 6.74. The number of carbonyl (C=O) groups is 1. The van der Waals surface area contributed by atoms with Crippen LogP contribution in [0, 0.1) is 12.8 Å². The summed E-state index contributed by atoms with van der Waals surface area (Å²) in [5.74, 6) is 0.687. The number of nitrogens with zero attached hydrogens (tertiary/aromatic N) is 1. The molecule has 0 bridgehead atoms. The monoisotopic (exact) mass is 266 g/mol. The Bertz CT molecular complexity index is 427. The number of thiophene rings is 1. The lowest BCUT2D eigenvalue weighted by atomic mass is 10.1. The van der Waals surface area contributed by atoms with Crippen LogP contribution in [0.2, 0.25) is 0 Å². The van der Waals surface area contributed by atoms with Crippen molar-refractivity contribution >= 4 is 17.2 Å². The lowest BCUT2D eigenvalue weighted by molar-refractivity contribution is 0.0792. The van der Waals surface area contributed by atoms with Crippen molar-refractivity contribution in [1.82, 2.24) is 4.90 Å². The topological polar surface area (TPSA) is 46.3 Å². The van der Waals surface area contributed by atoms with Gasteiger partial charge in [-0.15, -0.1) is 11.3 Å². The lowest BCUT2D eigenvalue weighted by Crippen LogP contribution is -2.29. The summed E-state index contributed by atoms with van der Waals surface area (Å²) in [6, 6.07) is 2.08. The van der Waals surface area contributed by atoms with Crippen molar-refractivity contribution in [2.24, 2.45) is 11.7 Å². The number of rotatable bonds is 4. The van der Waals surface area contributed by atoms with Gasteiger partial charge >= 0.3 is 0 Å². The van der Waals surface area contributed by atoms with Gasteiger partial charge < -0.3 is 10.6 Å². The average molecular weight is 266 g/mol. The molecule has 1 atom stereocenters. The molecule has 1 aliphatic heterocycles. The van der Waals surface area contributed by atoms with E-state index in [2.05, 4.69) is 19.9 Å². The molecule has 18 heavy (non-hydrogen) atoms. The van der Waals surface area contributed by atoms with Gasteiger partial charge in [0.25, 0.3) is 5.91 Å². The lowest BCUT2D eigenvalue weighted by Gasteiger charge is -2.14. The molecule has 0 saturated carbocycles. The third kappa shape index (κ3) is 2.75. The third-order valence-corrected chi connectivity index (χ3v) is 4.74. The van der Waals surface area contributed by atoms with E-state index in [-0.39, 0.29) is 5.91 Å². The number of nitrogens with two attached hydrogens (primary N) is 1. The summed E-state index contributed by atoms with van der Waals surface area (Å²) in [7, 11) is 0. The molecule has 0 spiro atoms. The Morgan fingerprint density at radius 1 is 1.61 bits per heavy atom. The molecule has 2 rings (SSSR count). The molecule has 0 aromatic carbocycles. The molecule has 1 aromatic heterocycles.